The van der Waals surface area contributed by atoms with Crippen LogP contribution >= 0.6 is 0 Å². The summed E-state index contributed by atoms with van der Waals surface area (Å²) in [6.07, 6.45) is 3.98. The highest BCUT2D eigenvalue weighted by Crippen LogP contribution is 2.30. The van der Waals surface area contributed by atoms with Crippen molar-refractivity contribution in [2.45, 2.75) is 71.4 Å². The van der Waals surface area contributed by atoms with Gasteiger partial charge in [0.1, 0.15) is 0 Å². The second kappa shape index (κ2) is 8.66. The highest BCUT2D eigenvalue weighted by molar-refractivity contribution is 5.08. The largest absolute Gasteiger partial charge is 0.412 e. The first kappa shape index (κ1) is 15.5. The molecule has 0 bridgehead atoms. The third-order valence-corrected chi connectivity index (χ3v) is 2.61. The molecule has 0 aliphatic rings. The molecule has 0 aliphatic heterocycles. The third-order valence-electron chi connectivity index (χ3n) is 2.61. The molecule has 0 saturated heterocycles. The zero-order valence-electron chi connectivity index (χ0n) is 10.4. The maximum absolute atomic E-state index is 12.5. The summed E-state index contributed by atoms with van der Waals surface area (Å²) in [6.45, 7) is 3.87. The van der Waals surface area contributed by atoms with Gasteiger partial charge in [0.25, 0.3) is 0 Å². The Bertz CT molecular complexity index is 192. The molecule has 0 spiro atoms. The van der Waals surface area contributed by atoms with Crippen molar-refractivity contribution in [3.63, 3.8) is 0 Å². The van der Waals surface area contributed by atoms with E-state index in [-0.39, 0.29) is 12.0 Å². The molecule has 0 nitrogen and oxygen atoms in total. The molecule has 0 aromatic heterocycles. The topological polar surface area (TPSA) is 0 Å². The summed E-state index contributed by atoms with van der Waals surface area (Å²) in [5.41, 5.74) is -0.342. The van der Waals surface area contributed by atoms with Gasteiger partial charge in [-0.3, -0.25) is 0 Å². The maximum atomic E-state index is 12.5. The molecule has 0 aromatic rings. The Labute approximate surface area is 96.9 Å². The van der Waals surface area contributed by atoms with Gasteiger partial charge in [-0.1, -0.05) is 52.0 Å². The van der Waals surface area contributed by atoms with E-state index in [1.54, 1.807) is 6.92 Å². The minimum Gasteiger partial charge on any atom is -0.166 e. The van der Waals surface area contributed by atoms with E-state index in [0.717, 1.165) is 19.3 Å². The molecule has 0 aromatic carbocycles. The van der Waals surface area contributed by atoms with Gasteiger partial charge in [0.2, 0.25) is 0 Å². The van der Waals surface area contributed by atoms with Crippen LogP contribution in [0.1, 0.15) is 65.2 Å². The smallest absolute Gasteiger partial charge is 0.166 e. The van der Waals surface area contributed by atoms with Gasteiger partial charge >= 0.3 is 6.18 Å². The molecule has 0 fully saturated rings. The summed E-state index contributed by atoms with van der Waals surface area (Å²) in [7, 11) is 0. The van der Waals surface area contributed by atoms with Gasteiger partial charge in [0.15, 0.2) is 0 Å². The van der Waals surface area contributed by atoms with Crippen LogP contribution in [-0.2, 0) is 0 Å². The van der Waals surface area contributed by atoms with Gasteiger partial charge in [-0.05, 0) is 19.3 Å². The Morgan fingerprint density at radius 3 is 2.00 bits per heavy atom. The van der Waals surface area contributed by atoms with Crippen molar-refractivity contribution in [1.29, 1.82) is 0 Å². The van der Waals surface area contributed by atoms with Gasteiger partial charge in [-0.15, -0.1) is 0 Å². The lowest BCUT2D eigenvalue weighted by Crippen LogP contribution is -2.11. The summed E-state index contributed by atoms with van der Waals surface area (Å²) < 4.78 is 37.4. The molecule has 0 rings (SSSR count). The van der Waals surface area contributed by atoms with Crippen molar-refractivity contribution in [3.05, 3.63) is 11.6 Å². The quantitative estimate of drug-likeness (QED) is 0.378. The van der Waals surface area contributed by atoms with E-state index in [0.29, 0.717) is 12.8 Å². The molecule has 0 N–H and O–H groups in total. The number of halogens is 3. The van der Waals surface area contributed by atoms with Gasteiger partial charge in [-0.2, -0.15) is 13.2 Å². The van der Waals surface area contributed by atoms with Gasteiger partial charge in [0.05, 0.1) is 0 Å². The fourth-order valence-electron chi connectivity index (χ4n) is 1.70. The molecule has 0 saturated carbocycles. The number of hydrogen-bond donors (Lipinski definition) is 0. The Morgan fingerprint density at radius 1 is 0.938 bits per heavy atom. The van der Waals surface area contributed by atoms with Crippen molar-refractivity contribution in [2.24, 2.45) is 0 Å². The molecule has 16 heavy (non-hydrogen) atoms. The first-order chi connectivity index (χ1) is 7.52. The molecule has 3 heteroatoms. The molecule has 96 valence electrons. The van der Waals surface area contributed by atoms with Crippen molar-refractivity contribution < 1.29 is 13.2 Å². The number of allylic oxidation sites excluding steroid dienone is 2. The fraction of sp³-hybridized carbons (Fsp3) is 0.846. The molecular formula is C13H23F3. The fourth-order valence-corrected chi connectivity index (χ4v) is 1.70. The van der Waals surface area contributed by atoms with E-state index < -0.39 is 6.18 Å². The van der Waals surface area contributed by atoms with Crippen LogP contribution in [0.5, 0.6) is 0 Å². The van der Waals surface area contributed by atoms with Crippen molar-refractivity contribution in [3.8, 4) is 0 Å². The Morgan fingerprint density at radius 2 is 1.50 bits per heavy atom. The maximum Gasteiger partial charge on any atom is 0.412 e. The number of hydrogen-bond acceptors (Lipinski definition) is 0. The lowest BCUT2D eigenvalue weighted by Gasteiger charge is -2.11. The van der Waals surface area contributed by atoms with Crippen molar-refractivity contribution >= 4 is 0 Å². The average Bonchev–Trinajstić information content (AvgIpc) is 2.20. The van der Waals surface area contributed by atoms with Crippen LogP contribution in [0, 0.1) is 0 Å². The van der Waals surface area contributed by atoms with E-state index in [4.69, 9.17) is 0 Å². The molecular weight excluding hydrogens is 213 g/mol. The highest BCUT2D eigenvalue weighted by atomic mass is 19.4. The van der Waals surface area contributed by atoms with Gasteiger partial charge < -0.3 is 0 Å². The lowest BCUT2D eigenvalue weighted by atomic mass is 10.0. The second-order valence-corrected chi connectivity index (χ2v) is 4.15. The SMILES string of the molecule is CCC=C(CCCCCCCC)C(F)(F)F. The van der Waals surface area contributed by atoms with Gasteiger partial charge in [0, 0.05) is 5.57 Å². The normalized spacial score (nSPS) is 13.2. The van der Waals surface area contributed by atoms with Crippen LogP contribution in [0.2, 0.25) is 0 Å². The minimum absolute atomic E-state index is 0.184. The standard InChI is InChI=1S/C13H23F3/c1-3-5-6-7-8-9-11-12(10-4-2)13(14,15)16/h10H,3-9,11H2,1-2H3. The van der Waals surface area contributed by atoms with E-state index in [9.17, 15) is 13.2 Å². The molecule has 0 heterocycles. The Hall–Kier alpha value is -0.470. The van der Waals surface area contributed by atoms with Crippen LogP contribution in [0.4, 0.5) is 13.2 Å². The summed E-state index contributed by atoms with van der Waals surface area (Å²) >= 11 is 0. The lowest BCUT2D eigenvalue weighted by molar-refractivity contribution is -0.0944. The summed E-state index contributed by atoms with van der Waals surface area (Å²) in [5, 5.41) is 0. The van der Waals surface area contributed by atoms with Crippen LogP contribution in [-0.4, -0.2) is 6.18 Å². The van der Waals surface area contributed by atoms with Crippen molar-refractivity contribution in [2.75, 3.05) is 0 Å². The van der Waals surface area contributed by atoms with Gasteiger partial charge in [-0.25, -0.2) is 0 Å². The number of rotatable bonds is 8. The summed E-state index contributed by atoms with van der Waals surface area (Å²) in [4.78, 5) is 0. The van der Waals surface area contributed by atoms with Crippen LogP contribution < -0.4 is 0 Å². The second-order valence-electron chi connectivity index (χ2n) is 4.15. The zero-order valence-corrected chi connectivity index (χ0v) is 10.4. The van der Waals surface area contributed by atoms with E-state index in [1.807, 2.05) is 0 Å². The first-order valence-corrected chi connectivity index (χ1v) is 6.28. The molecule has 0 aliphatic carbocycles. The third kappa shape index (κ3) is 7.77. The Balaban J connectivity index is 3.75. The highest BCUT2D eigenvalue weighted by Gasteiger charge is 2.32. The van der Waals surface area contributed by atoms with E-state index in [2.05, 4.69) is 6.92 Å². The van der Waals surface area contributed by atoms with Crippen LogP contribution in [0.25, 0.3) is 0 Å². The number of unbranched alkanes of at least 4 members (excludes halogenated alkanes) is 5. The Kier molecular flexibility index (Phi) is 8.40. The summed E-state index contributed by atoms with van der Waals surface area (Å²) in [5.74, 6) is 0. The van der Waals surface area contributed by atoms with E-state index in [1.165, 1.54) is 18.9 Å². The van der Waals surface area contributed by atoms with Crippen LogP contribution in [0.15, 0.2) is 11.6 Å². The predicted octanol–water partition coefficient (Wildman–Crippen LogP) is 5.64. The molecule has 0 radical (unpaired) electrons. The van der Waals surface area contributed by atoms with E-state index >= 15 is 0 Å². The van der Waals surface area contributed by atoms with Crippen molar-refractivity contribution in [1.82, 2.24) is 0 Å². The molecule has 0 amide bonds. The molecule has 0 atom stereocenters. The predicted molar refractivity (Wildman–Crippen MR) is 62.4 cm³/mol. The summed E-state index contributed by atoms with van der Waals surface area (Å²) in [6, 6.07) is 0. The zero-order chi connectivity index (χ0) is 12.4. The number of alkyl halides is 3. The first-order valence-electron chi connectivity index (χ1n) is 6.28. The minimum atomic E-state index is -4.13. The monoisotopic (exact) mass is 236 g/mol. The van der Waals surface area contributed by atoms with Crippen LogP contribution in [0.3, 0.4) is 0 Å². The average molecular weight is 236 g/mol. The molecule has 0 unspecified atom stereocenters.